The van der Waals surface area contributed by atoms with Crippen molar-refractivity contribution in [2.75, 3.05) is 13.2 Å². The Balaban J connectivity index is 1.40. The van der Waals surface area contributed by atoms with Gasteiger partial charge in [0, 0.05) is 18.6 Å². The molecular formula is C31H38O4Si. The quantitative estimate of drug-likeness (QED) is 0.181. The molecule has 0 saturated heterocycles. The van der Waals surface area contributed by atoms with Gasteiger partial charge in [-0.25, -0.2) is 0 Å². The van der Waals surface area contributed by atoms with Gasteiger partial charge in [-0.15, -0.1) is 0 Å². The first kappa shape index (κ1) is 26.2. The molecule has 1 aliphatic carbocycles. The average Bonchev–Trinajstić information content (AvgIpc) is 3.17. The van der Waals surface area contributed by atoms with E-state index < -0.39 is 13.7 Å². The number of rotatable bonds is 9. The maximum absolute atomic E-state index is 12.1. The van der Waals surface area contributed by atoms with Gasteiger partial charge in [0.1, 0.15) is 6.61 Å². The predicted octanol–water partition coefficient (Wildman–Crippen LogP) is 6.04. The summed E-state index contributed by atoms with van der Waals surface area (Å²) < 4.78 is 18.2. The number of fused-ring (bicyclic) bond motifs is 1. The summed E-state index contributed by atoms with van der Waals surface area (Å²) in [5, 5.41) is 2.57. The van der Waals surface area contributed by atoms with Crippen molar-refractivity contribution in [3.8, 4) is 0 Å². The zero-order valence-corrected chi connectivity index (χ0v) is 23.2. The number of ether oxygens (including phenoxy) is 2. The van der Waals surface area contributed by atoms with Gasteiger partial charge in [0.05, 0.1) is 17.4 Å². The van der Waals surface area contributed by atoms with Crippen molar-refractivity contribution in [1.29, 1.82) is 0 Å². The van der Waals surface area contributed by atoms with E-state index in [1.54, 1.807) is 6.26 Å². The van der Waals surface area contributed by atoms with E-state index in [1.165, 1.54) is 10.4 Å². The van der Waals surface area contributed by atoms with E-state index in [4.69, 9.17) is 13.9 Å². The minimum atomic E-state index is -2.50. The number of hydrogen-bond acceptors (Lipinski definition) is 4. The van der Waals surface area contributed by atoms with E-state index in [-0.39, 0.29) is 11.0 Å². The Labute approximate surface area is 216 Å². The second kappa shape index (κ2) is 10.6. The summed E-state index contributed by atoms with van der Waals surface area (Å²) >= 11 is 0. The third-order valence-electron chi connectivity index (χ3n) is 7.54. The molecule has 0 bridgehead atoms. The first-order valence-electron chi connectivity index (χ1n) is 12.8. The Kier molecular flexibility index (Phi) is 7.72. The summed E-state index contributed by atoms with van der Waals surface area (Å²) in [6.45, 7) is 12.0. The van der Waals surface area contributed by atoms with E-state index in [1.807, 2.05) is 13.8 Å². The first-order valence-corrected chi connectivity index (χ1v) is 14.8. The lowest BCUT2D eigenvalue weighted by Gasteiger charge is -2.43. The van der Waals surface area contributed by atoms with Crippen molar-refractivity contribution in [3.63, 3.8) is 0 Å². The minimum absolute atomic E-state index is 0.0258. The molecule has 2 aromatic rings. The fourth-order valence-corrected chi connectivity index (χ4v) is 10.1. The number of esters is 1. The number of carbonyl (C=O) groups is 1. The Morgan fingerprint density at radius 3 is 2.19 bits per heavy atom. The second-order valence-corrected chi connectivity index (χ2v) is 15.2. The molecular weight excluding hydrogens is 464 g/mol. The SMILES string of the molecule is CC1=C(OC/C=C/CCO[Si](c2ccccc2)(c2ccccc2)C(C)(C)C)CC[C@]2(C)C(=O)OC=C12. The molecule has 4 rings (SSSR count). The molecule has 0 N–H and O–H groups in total. The lowest BCUT2D eigenvalue weighted by atomic mass is 9.72. The summed E-state index contributed by atoms with van der Waals surface area (Å²) in [7, 11) is -2.50. The topological polar surface area (TPSA) is 44.8 Å². The van der Waals surface area contributed by atoms with Crippen LogP contribution < -0.4 is 10.4 Å². The molecule has 0 aromatic heterocycles. The first-order chi connectivity index (χ1) is 17.2. The normalized spacial score (nSPS) is 20.4. The zero-order valence-electron chi connectivity index (χ0n) is 22.2. The van der Waals surface area contributed by atoms with E-state index >= 15 is 0 Å². The van der Waals surface area contributed by atoms with Crippen LogP contribution in [0.5, 0.6) is 0 Å². The highest BCUT2D eigenvalue weighted by Crippen LogP contribution is 2.47. The van der Waals surface area contributed by atoms with Crippen molar-refractivity contribution >= 4 is 24.7 Å². The van der Waals surface area contributed by atoms with E-state index in [0.29, 0.717) is 13.2 Å². The highest BCUT2D eigenvalue weighted by molar-refractivity contribution is 6.99. The van der Waals surface area contributed by atoms with Gasteiger partial charge in [-0.3, -0.25) is 4.79 Å². The van der Waals surface area contributed by atoms with Gasteiger partial charge in [-0.1, -0.05) is 93.6 Å². The highest BCUT2D eigenvalue weighted by atomic mass is 28.4. The monoisotopic (exact) mass is 502 g/mol. The number of hydrogen-bond donors (Lipinski definition) is 0. The summed E-state index contributed by atoms with van der Waals surface area (Å²) in [4.78, 5) is 12.1. The largest absolute Gasteiger partial charge is 0.494 e. The Morgan fingerprint density at radius 2 is 1.61 bits per heavy atom. The Morgan fingerprint density at radius 1 is 1.00 bits per heavy atom. The van der Waals surface area contributed by atoms with Gasteiger partial charge in [0.15, 0.2) is 0 Å². The van der Waals surface area contributed by atoms with E-state index in [9.17, 15) is 4.79 Å². The van der Waals surface area contributed by atoms with Gasteiger partial charge in [-0.05, 0) is 47.7 Å². The van der Waals surface area contributed by atoms with Crippen LogP contribution in [0.3, 0.4) is 0 Å². The van der Waals surface area contributed by atoms with Crippen molar-refractivity contribution in [2.24, 2.45) is 5.41 Å². The molecule has 2 aliphatic rings. The molecule has 0 fully saturated rings. The Bertz CT molecular complexity index is 1120. The van der Waals surface area contributed by atoms with Crippen molar-refractivity contribution < 1.29 is 18.7 Å². The van der Waals surface area contributed by atoms with Crippen LogP contribution >= 0.6 is 0 Å². The van der Waals surface area contributed by atoms with Gasteiger partial charge in [0.2, 0.25) is 0 Å². The zero-order chi connectivity index (χ0) is 25.8. The molecule has 1 atom stereocenters. The molecule has 36 heavy (non-hydrogen) atoms. The van der Waals surface area contributed by atoms with Crippen molar-refractivity contribution in [3.05, 3.63) is 96.0 Å². The van der Waals surface area contributed by atoms with Gasteiger partial charge >= 0.3 is 5.97 Å². The van der Waals surface area contributed by atoms with E-state index in [0.717, 1.165) is 36.2 Å². The molecule has 2 aromatic carbocycles. The maximum Gasteiger partial charge on any atom is 0.321 e. The molecule has 5 heteroatoms. The van der Waals surface area contributed by atoms with Gasteiger partial charge in [0.25, 0.3) is 8.32 Å². The van der Waals surface area contributed by atoms with Crippen molar-refractivity contribution in [2.45, 2.75) is 58.9 Å². The second-order valence-electron chi connectivity index (χ2n) is 10.9. The molecule has 1 heterocycles. The molecule has 0 amide bonds. The molecule has 0 unspecified atom stereocenters. The summed E-state index contributed by atoms with van der Waals surface area (Å²) in [5.41, 5.74) is 1.46. The standard InChI is InChI=1S/C31H38O4Si/c1-24-27-23-34-29(32)31(27,5)20-19-28(24)33-21-13-8-14-22-35-36(30(2,3)4,25-15-9-6-10-16-25)26-17-11-7-12-18-26/h6-13,15-18,23H,14,19-22H2,1-5H3/b13-8+/t31-/m0/s1. The van der Waals surface area contributed by atoms with Gasteiger partial charge < -0.3 is 13.9 Å². The van der Waals surface area contributed by atoms with Crippen molar-refractivity contribution in [1.82, 2.24) is 0 Å². The maximum atomic E-state index is 12.1. The number of cyclic esters (lactones) is 1. The van der Waals surface area contributed by atoms with Crippen LogP contribution in [0, 0.1) is 5.41 Å². The van der Waals surface area contributed by atoms with Crippen LogP contribution in [0.25, 0.3) is 0 Å². The molecule has 0 radical (unpaired) electrons. The smallest absolute Gasteiger partial charge is 0.321 e. The van der Waals surface area contributed by atoms with Crippen LogP contribution in [0.15, 0.2) is 96.0 Å². The summed E-state index contributed by atoms with van der Waals surface area (Å²) in [6, 6.07) is 21.5. The van der Waals surface area contributed by atoms with Crippen LogP contribution in [0.4, 0.5) is 0 Å². The molecule has 1 aliphatic heterocycles. The third kappa shape index (κ3) is 4.87. The van der Waals surface area contributed by atoms with E-state index in [2.05, 4.69) is 93.6 Å². The molecule has 0 saturated carbocycles. The molecule has 190 valence electrons. The van der Waals surface area contributed by atoms with Gasteiger partial charge in [-0.2, -0.15) is 0 Å². The fourth-order valence-electron chi connectivity index (χ4n) is 5.48. The summed E-state index contributed by atoms with van der Waals surface area (Å²) in [6.07, 6.45) is 8.09. The number of benzene rings is 2. The molecule has 0 spiro atoms. The number of allylic oxidation sites excluding steroid dienone is 2. The van der Waals surface area contributed by atoms with Crippen LogP contribution in [-0.2, 0) is 18.7 Å². The highest BCUT2D eigenvalue weighted by Gasteiger charge is 2.50. The predicted molar refractivity (Wildman–Crippen MR) is 147 cm³/mol. The lowest BCUT2D eigenvalue weighted by molar-refractivity contribution is -0.144. The number of carbonyl (C=O) groups excluding carboxylic acids is 1. The average molecular weight is 503 g/mol. The molecule has 4 nitrogen and oxygen atoms in total. The fraction of sp³-hybridized carbons (Fsp3) is 0.387. The van der Waals surface area contributed by atoms with Crippen LogP contribution in [0.2, 0.25) is 5.04 Å². The summed E-state index contributed by atoms with van der Waals surface area (Å²) in [5.74, 6) is 0.793. The van der Waals surface area contributed by atoms with Crippen LogP contribution in [0.1, 0.15) is 53.9 Å². The third-order valence-corrected chi connectivity index (χ3v) is 12.6. The lowest BCUT2D eigenvalue weighted by Crippen LogP contribution is -2.66. The minimum Gasteiger partial charge on any atom is -0.494 e. The Hall–Kier alpha value is -2.89. The van der Waals surface area contributed by atoms with Crippen LogP contribution in [-0.4, -0.2) is 27.5 Å².